The van der Waals surface area contributed by atoms with Crippen LogP contribution >= 0.6 is 11.8 Å². The molecule has 0 spiro atoms. The van der Waals surface area contributed by atoms with Crippen LogP contribution in [0, 0.1) is 0 Å². The molecule has 0 bridgehead atoms. The Bertz CT molecular complexity index is 956. The Kier molecular flexibility index (Phi) is 6.27. The molecule has 0 aliphatic rings. The zero-order valence-electron chi connectivity index (χ0n) is 14.8. The van der Waals surface area contributed by atoms with Crippen molar-refractivity contribution in [2.45, 2.75) is 12.1 Å². The van der Waals surface area contributed by atoms with Gasteiger partial charge in [-0.05, 0) is 31.2 Å². The van der Waals surface area contributed by atoms with E-state index in [4.69, 9.17) is 4.74 Å². The lowest BCUT2D eigenvalue weighted by molar-refractivity contribution is -0.113. The number of aromatic nitrogens is 2. The van der Waals surface area contributed by atoms with Gasteiger partial charge < -0.3 is 15.0 Å². The van der Waals surface area contributed by atoms with Crippen LogP contribution in [0.15, 0.2) is 70.6 Å². The number of ether oxygens (including phenoxy) is 1. The van der Waals surface area contributed by atoms with Gasteiger partial charge in [0.2, 0.25) is 5.91 Å². The Labute approximate surface area is 161 Å². The molecule has 0 radical (unpaired) electrons. The van der Waals surface area contributed by atoms with E-state index in [0.717, 1.165) is 11.3 Å². The summed E-state index contributed by atoms with van der Waals surface area (Å²) in [7, 11) is 0. The molecule has 0 atom stereocenters. The van der Waals surface area contributed by atoms with Gasteiger partial charge in [-0.3, -0.25) is 9.59 Å². The number of hydrogen-bond acceptors (Lipinski definition) is 5. The number of anilines is 1. The van der Waals surface area contributed by atoms with Gasteiger partial charge in [0, 0.05) is 17.3 Å². The molecular weight excluding hydrogens is 362 g/mol. The van der Waals surface area contributed by atoms with Crippen LogP contribution in [-0.2, 0) is 4.79 Å². The Hall–Kier alpha value is -3.06. The van der Waals surface area contributed by atoms with Crippen LogP contribution in [0.1, 0.15) is 6.92 Å². The van der Waals surface area contributed by atoms with Crippen LogP contribution in [0.2, 0.25) is 0 Å². The van der Waals surface area contributed by atoms with Gasteiger partial charge in [-0.25, -0.2) is 4.98 Å². The summed E-state index contributed by atoms with van der Waals surface area (Å²) in [4.78, 5) is 31.1. The van der Waals surface area contributed by atoms with Crippen molar-refractivity contribution < 1.29 is 9.53 Å². The fourth-order valence-corrected chi connectivity index (χ4v) is 3.07. The van der Waals surface area contributed by atoms with Crippen LogP contribution in [0.25, 0.3) is 11.3 Å². The van der Waals surface area contributed by atoms with E-state index in [0.29, 0.717) is 23.1 Å². The molecule has 7 heteroatoms. The molecule has 1 aromatic heterocycles. The molecule has 1 amide bonds. The molecule has 0 unspecified atom stereocenters. The van der Waals surface area contributed by atoms with Crippen molar-refractivity contribution in [1.82, 2.24) is 9.97 Å². The first-order chi connectivity index (χ1) is 13.1. The minimum atomic E-state index is -0.252. The second-order valence-electron chi connectivity index (χ2n) is 5.60. The average Bonchev–Trinajstić information content (AvgIpc) is 2.68. The fraction of sp³-hybridized carbons (Fsp3) is 0.150. The van der Waals surface area contributed by atoms with Crippen molar-refractivity contribution in [3.8, 4) is 17.0 Å². The van der Waals surface area contributed by atoms with Crippen molar-refractivity contribution in [3.05, 3.63) is 71.0 Å². The lowest BCUT2D eigenvalue weighted by atomic mass is 10.1. The van der Waals surface area contributed by atoms with Gasteiger partial charge in [0.05, 0.1) is 18.1 Å². The van der Waals surface area contributed by atoms with E-state index in [2.05, 4.69) is 15.3 Å². The quantitative estimate of drug-likeness (QED) is 0.483. The first-order valence-electron chi connectivity index (χ1n) is 8.46. The van der Waals surface area contributed by atoms with E-state index in [9.17, 15) is 9.59 Å². The van der Waals surface area contributed by atoms with Crippen LogP contribution in [0.3, 0.4) is 0 Å². The van der Waals surface area contributed by atoms with Gasteiger partial charge in [0.1, 0.15) is 5.75 Å². The summed E-state index contributed by atoms with van der Waals surface area (Å²) in [5, 5.41) is 3.21. The molecular formula is C20H19N3O3S. The van der Waals surface area contributed by atoms with E-state index < -0.39 is 0 Å². The van der Waals surface area contributed by atoms with Gasteiger partial charge >= 0.3 is 0 Å². The van der Waals surface area contributed by atoms with Gasteiger partial charge in [-0.15, -0.1) is 0 Å². The number of H-pyrrole nitrogens is 1. The topological polar surface area (TPSA) is 84.1 Å². The Morgan fingerprint density at radius 3 is 2.59 bits per heavy atom. The van der Waals surface area contributed by atoms with Crippen molar-refractivity contribution >= 4 is 23.4 Å². The molecule has 27 heavy (non-hydrogen) atoms. The van der Waals surface area contributed by atoms with Crippen molar-refractivity contribution in [2.24, 2.45) is 0 Å². The third kappa shape index (κ3) is 5.46. The molecule has 0 aliphatic carbocycles. The summed E-state index contributed by atoms with van der Waals surface area (Å²) in [5.74, 6) is 0.704. The maximum absolute atomic E-state index is 12.2. The Morgan fingerprint density at radius 1 is 1.15 bits per heavy atom. The highest BCUT2D eigenvalue weighted by atomic mass is 32.2. The number of thioether (sulfide) groups is 1. The normalized spacial score (nSPS) is 10.4. The minimum Gasteiger partial charge on any atom is -0.494 e. The fourth-order valence-electron chi connectivity index (χ4n) is 2.39. The highest BCUT2D eigenvalue weighted by Crippen LogP contribution is 2.19. The SMILES string of the molecule is CCOc1ccc(NC(=O)CSc2nc(-c3ccccc3)cc(=O)[nH]2)cc1. The number of rotatable bonds is 7. The van der Waals surface area contributed by atoms with Gasteiger partial charge in [-0.1, -0.05) is 42.1 Å². The maximum Gasteiger partial charge on any atom is 0.252 e. The molecule has 1 heterocycles. The van der Waals surface area contributed by atoms with Gasteiger partial charge in [0.15, 0.2) is 5.16 Å². The van der Waals surface area contributed by atoms with Crippen LogP contribution in [0.4, 0.5) is 5.69 Å². The average molecular weight is 381 g/mol. The second kappa shape index (κ2) is 9.05. The number of aromatic amines is 1. The molecule has 0 aliphatic heterocycles. The van der Waals surface area contributed by atoms with Crippen molar-refractivity contribution in [2.75, 3.05) is 17.7 Å². The van der Waals surface area contributed by atoms with Gasteiger partial charge in [-0.2, -0.15) is 0 Å². The number of nitrogens with one attached hydrogen (secondary N) is 2. The summed E-state index contributed by atoms with van der Waals surface area (Å²) in [5.41, 5.74) is 1.86. The number of nitrogens with zero attached hydrogens (tertiary/aromatic N) is 1. The third-order valence-electron chi connectivity index (χ3n) is 3.58. The highest BCUT2D eigenvalue weighted by molar-refractivity contribution is 7.99. The van der Waals surface area contributed by atoms with Crippen molar-refractivity contribution in [3.63, 3.8) is 0 Å². The van der Waals surface area contributed by atoms with E-state index in [1.54, 1.807) is 24.3 Å². The third-order valence-corrected chi connectivity index (χ3v) is 4.45. The standard InChI is InChI=1S/C20H19N3O3S/c1-2-26-16-10-8-15(9-11-16)21-19(25)13-27-20-22-17(12-18(24)23-20)14-6-4-3-5-7-14/h3-12H,2,13H2,1H3,(H,21,25)(H,22,23,24). The minimum absolute atomic E-state index is 0.133. The summed E-state index contributed by atoms with van der Waals surface area (Å²) in [6.45, 7) is 2.51. The molecule has 138 valence electrons. The van der Waals surface area contributed by atoms with Crippen LogP contribution in [0.5, 0.6) is 5.75 Å². The molecule has 0 saturated heterocycles. The smallest absolute Gasteiger partial charge is 0.252 e. The Morgan fingerprint density at radius 2 is 1.89 bits per heavy atom. The highest BCUT2D eigenvalue weighted by Gasteiger charge is 2.08. The summed E-state index contributed by atoms with van der Waals surface area (Å²) < 4.78 is 5.37. The molecule has 2 aromatic carbocycles. The first kappa shape index (κ1) is 18.7. The predicted molar refractivity (Wildman–Crippen MR) is 107 cm³/mol. The zero-order valence-corrected chi connectivity index (χ0v) is 15.6. The summed E-state index contributed by atoms with van der Waals surface area (Å²) in [6, 6.07) is 18.0. The molecule has 0 fully saturated rings. The van der Waals surface area contributed by atoms with E-state index in [1.165, 1.54) is 17.8 Å². The second-order valence-corrected chi connectivity index (χ2v) is 6.56. The molecule has 0 saturated carbocycles. The number of amides is 1. The zero-order chi connectivity index (χ0) is 19.1. The largest absolute Gasteiger partial charge is 0.494 e. The molecule has 3 aromatic rings. The summed E-state index contributed by atoms with van der Waals surface area (Å²) >= 11 is 1.18. The summed E-state index contributed by atoms with van der Waals surface area (Å²) in [6.07, 6.45) is 0. The molecule has 2 N–H and O–H groups in total. The number of carbonyl (C=O) groups excluding carboxylic acids is 1. The predicted octanol–water partition coefficient (Wildman–Crippen LogP) is 3.57. The van der Waals surface area contributed by atoms with Gasteiger partial charge in [0.25, 0.3) is 5.56 Å². The number of carbonyl (C=O) groups is 1. The van der Waals surface area contributed by atoms with E-state index in [-0.39, 0.29) is 17.2 Å². The van der Waals surface area contributed by atoms with Crippen LogP contribution < -0.4 is 15.6 Å². The molecule has 3 rings (SSSR count). The van der Waals surface area contributed by atoms with E-state index >= 15 is 0 Å². The number of benzene rings is 2. The van der Waals surface area contributed by atoms with E-state index in [1.807, 2.05) is 37.3 Å². The lowest BCUT2D eigenvalue weighted by Gasteiger charge is -2.07. The monoisotopic (exact) mass is 381 g/mol. The molecule has 6 nitrogen and oxygen atoms in total. The van der Waals surface area contributed by atoms with Crippen molar-refractivity contribution in [1.29, 1.82) is 0 Å². The van der Waals surface area contributed by atoms with Crippen LogP contribution in [-0.4, -0.2) is 28.2 Å². The maximum atomic E-state index is 12.2. The first-order valence-corrected chi connectivity index (χ1v) is 9.45. The lowest BCUT2D eigenvalue weighted by Crippen LogP contribution is -2.15. The number of hydrogen-bond donors (Lipinski definition) is 2. The Balaban J connectivity index is 1.61.